The first kappa shape index (κ1) is 20.9. The van der Waals surface area contributed by atoms with Crippen LogP contribution < -0.4 is 15.2 Å². The van der Waals surface area contributed by atoms with Crippen molar-refractivity contribution < 1.29 is 4.74 Å². The van der Waals surface area contributed by atoms with Crippen molar-refractivity contribution in [3.8, 4) is 11.9 Å². The summed E-state index contributed by atoms with van der Waals surface area (Å²) in [6.45, 7) is 7.90. The Balaban J connectivity index is 1.56. The molecule has 1 aliphatic rings. The van der Waals surface area contributed by atoms with Gasteiger partial charge in [-0.2, -0.15) is 5.26 Å². The van der Waals surface area contributed by atoms with Crippen molar-refractivity contribution >= 4 is 16.7 Å². The van der Waals surface area contributed by atoms with E-state index in [9.17, 15) is 10.1 Å². The predicted octanol–water partition coefficient (Wildman–Crippen LogP) is 3.62. The summed E-state index contributed by atoms with van der Waals surface area (Å²) in [6.07, 6.45) is 2.74. The van der Waals surface area contributed by atoms with E-state index >= 15 is 0 Å². The summed E-state index contributed by atoms with van der Waals surface area (Å²) in [7, 11) is 1.72. The number of anilines is 1. The van der Waals surface area contributed by atoms with Crippen LogP contribution in [-0.4, -0.2) is 33.7 Å². The van der Waals surface area contributed by atoms with Crippen LogP contribution in [0.25, 0.3) is 11.0 Å². The lowest BCUT2D eigenvalue weighted by atomic mass is 9.95. The summed E-state index contributed by atoms with van der Waals surface area (Å²) in [6, 6.07) is 11.2. The fourth-order valence-corrected chi connectivity index (χ4v) is 4.09. The van der Waals surface area contributed by atoms with Gasteiger partial charge in [-0.15, -0.1) is 0 Å². The third-order valence-corrected chi connectivity index (χ3v) is 6.05. The van der Waals surface area contributed by atoms with Crippen molar-refractivity contribution in [1.29, 1.82) is 5.26 Å². The van der Waals surface area contributed by atoms with Crippen molar-refractivity contribution in [2.24, 2.45) is 13.0 Å². The summed E-state index contributed by atoms with van der Waals surface area (Å²) in [5.74, 6) is 1.32. The number of fused-ring (bicyclic) bond motifs is 1. The molecule has 1 fully saturated rings. The van der Waals surface area contributed by atoms with Crippen molar-refractivity contribution in [3.05, 3.63) is 58.1 Å². The molecule has 0 spiro atoms. The number of aromatic nitrogens is 3. The van der Waals surface area contributed by atoms with Gasteiger partial charge in [0.2, 0.25) is 5.88 Å². The van der Waals surface area contributed by atoms with Crippen LogP contribution in [0.4, 0.5) is 5.69 Å². The standard InChI is InChI=1S/C24H27N5O2/c1-15(2)17-5-8-22(26-13-17)31-21-9-10-29(14-16(21)3)20-11-23(30)28(4)19-7-6-18(12-25)27-24(19)20/h5-8,11,13,15-16,21H,9-10,14H2,1-4H3/t16-,21+/m1/s1. The molecule has 0 bridgehead atoms. The quantitative estimate of drug-likeness (QED) is 0.645. The first-order chi connectivity index (χ1) is 14.9. The van der Waals surface area contributed by atoms with E-state index < -0.39 is 0 Å². The number of nitrogens with zero attached hydrogens (tertiary/aromatic N) is 5. The molecule has 31 heavy (non-hydrogen) atoms. The molecule has 7 nitrogen and oxygen atoms in total. The third kappa shape index (κ3) is 4.11. The van der Waals surface area contributed by atoms with Gasteiger partial charge in [-0.3, -0.25) is 4.79 Å². The second-order valence-electron chi connectivity index (χ2n) is 8.56. The molecule has 0 saturated carbocycles. The Morgan fingerprint density at radius 1 is 1.26 bits per heavy atom. The van der Waals surface area contributed by atoms with Gasteiger partial charge in [-0.25, -0.2) is 9.97 Å². The SMILES string of the molecule is CC(C)c1ccc(O[C@H]2CCN(c3cc(=O)n(C)c4ccc(C#N)nc34)C[C@H]2C)nc1. The van der Waals surface area contributed by atoms with Crippen LogP contribution >= 0.6 is 0 Å². The Labute approximate surface area is 181 Å². The van der Waals surface area contributed by atoms with Gasteiger partial charge < -0.3 is 14.2 Å². The van der Waals surface area contributed by atoms with Crippen LogP contribution in [0.5, 0.6) is 5.88 Å². The van der Waals surface area contributed by atoms with Gasteiger partial charge in [0.05, 0.1) is 11.2 Å². The third-order valence-electron chi connectivity index (χ3n) is 6.05. The molecular weight excluding hydrogens is 390 g/mol. The van der Waals surface area contributed by atoms with Crippen molar-refractivity contribution in [1.82, 2.24) is 14.5 Å². The number of aryl methyl sites for hydroxylation is 1. The van der Waals surface area contributed by atoms with E-state index in [1.165, 1.54) is 5.56 Å². The molecule has 0 unspecified atom stereocenters. The summed E-state index contributed by atoms with van der Waals surface area (Å²) in [5, 5.41) is 9.27. The van der Waals surface area contributed by atoms with E-state index in [1.54, 1.807) is 29.8 Å². The fraction of sp³-hybridized carbons (Fsp3) is 0.417. The largest absolute Gasteiger partial charge is 0.474 e. The van der Waals surface area contributed by atoms with Gasteiger partial charge in [0.15, 0.2) is 0 Å². The zero-order valence-electron chi connectivity index (χ0n) is 18.4. The molecule has 0 N–H and O–H groups in total. The average Bonchev–Trinajstić information content (AvgIpc) is 2.77. The minimum absolute atomic E-state index is 0.0501. The molecule has 2 atom stereocenters. The Kier molecular flexibility index (Phi) is 5.64. The van der Waals surface area contributed by atoms with Crippen LogP contribution in [-0.2, 0) is 7.05 Å². The fourth-order valence-electron chi connectivity index (χ4n) is 4.09. The van der Waals surface area contributed by atoms with Crippen molar-refractivity contribution in [2.45, 2.75) is 39.2 Å². The van der Waals surface area contributed by atoms with E-state index in [0.29, 0.717) is 23.0 Å². The highest BCUT2D eigenvalue weighted by Gasteiger charge is 2.29. The highest BCUT2D eigenvalue weighted by atomic mass is 16.5. The summed E-state index contributed by atoms with van der Waals surface area (Å²) in [5.41, 5.74) is 3.63. The van der Waals surface area contributed by atoms with E-state index in [0.717, 1.165) is 30.7 Å². The molecule has 1 aliphatic heterocycles. The highest BCUT2D eigenvalue weighted by molar-refractivity contribution is 5.88. The van der Waals surface area contributed by atoms with Gasteiger partial charge >= 0.3 is 0 Å². The highest BCUT2D eigenvalue weighted by Crippen LogP contribution is 2.30. The Morgan fingerprint density at radius 3 is 2.71 bits per heavy atom. The van der Waals surface area contributed by atoms with Crippen molar-refractivity contribution in [3.63, 3.8) is 0 Å². The molecule has 3 aromatic rings. The number of piperidine rings is 1. The maximum Gasteiger partial charge on any atom is 0.252 e. The number of pyridine rings is 3. The average molecular weight is 418 g/mol. The second kappa shape index (κ2) is 8.38. The van der Waals surface area contributed by atoms with Gasteiger partial charge in [0.25, 0.3) is 5.56 Å². The van der Waals surface area contributed by atoms with Crippen LogP contribution in [0.1, 0.15) is 44.4 Å². The minimum Gasteiger partial charge on any atom is -0.474 e. The summed E-state index contributed by atoms with van der Waals surface area (Å²) in [4.78, 5) is 23.7. The number of ether oxygens (including phenoxy) is 1. The van der Waals surface area contributed by atoms with Crippen LogP contribution in [0, 0.1) is 17.2 Å². The zero-order valence-corrected chi connectivity index (χ0v) is 18.4. The minimum atomic E-state index is -0.0884. The monoisotopic (exact) mass is 417 g/mol. The summed E-state index contributed by atoms with van der Waals surface area (Å²) >= 11 is 0. The van der Waals surface area contributed by atoms with Gasteiger partial charge in [-0.1, -0.05) is 26.8 Å². The van der Waals surface area contributed by atoms with Crippen LogP contribution in [0.15, 0.2) is 41.3 Å². The number of rotatable bonds is 4. The molecule has 0 amide bonds. The topological polar surface area (TPSA) is 84.0 Å². The Bertz CT molecular complexity index is 1190. The van der Waals surface area contributed by atoms with E-state index in [2.05, 4.69) is 47.8 Å². The predicted molar refractivity (Wildman–Crippen MR) is 120 cm³/mol. The second-order valence-corrected chi connectivity index (χ2v) is 8.56. The molecule has 1 saturated heterocycles. The van der Waals surface area contributed by atoms with E-state index in [1.807, 2.05) is 12.3 Å². The lowest BCUT2D eigenvalue weighted by Gasteiger charge is -2.38. The van der Waals surface area contributed by atoms with Crippen molar-refractivity contribution in [2.75, 3.05) is 18.0 Å². The van der Waals surface area contributed by atoms with Crippen LogP contribution in [0.3, 0.4) is 0 Å². The lowest BCUT2D eigenvalue weighted by molar-refractivity contribution is 0.116. The smallest absolute Gasteiger partial charge is 0.252 e. The van der Waals surface area contributed by atoms with Gasteiger partial charge in [0.1, 0.15) is 23.4 Å². The first-order valence-corrected chi connectivity index (χ1v) is 10.7. The Morgan fingerprint density at radius 2 is 2.06 bits per heavy atom. The van der Waals surface area contributed by atoms with E-state index in [-0.39, 0.29) is 17.6 Å². The number of hydrogen-bond donors (Lipinski definition) is 0. The molecule has 160 valence electrons. The summed E-state index contributed by atoms with van der Waals surface area (Å²) < 4.78 is 7.76. The maximum absolute atomic E-state index is 12.5. The van der Waals surface area contributed by atoms with Crippen LogP contribution in [0.2, 0.25) is 0 Å². The normalized spacial score (nSPS) is 18.9. The number of nitriles is 1. The van der Waals surface area contributed by atoms with Gasteiger partial charge in [0, 0.05) is 50.8 Å². The molecule has 4 heterocycles. The molecule has 7 heteroatoms. The number of hydrogen-bond acceptors (Lipinski definition) is 6. The molecular formula is C24H27N5O2. The Hall–Kier alpha value is -3.40. The lowest BCUT2D eigenvalue weighted by Crippen LogP contribution is -2.45. The molecule has 4 rings (SSSR count). The molecule has 0 radical (unpaired) electrons. The molecule has 0 aliphatic carbocycles. The van der Waals surface area contributed by atoms with E-state index in [4.69, 9.17) is 4.74 Å². The zero-order chi connectivity index (χ0) is 22.1. The maximum atomic E-state index is 12.5. The first-order valence-electron chi connectivity index (χ1n) is 10.7. The molecule has 0 aromatic carbocycles. The molecule has 3 aromatic heterocycles. The van der Waals surface area contributed by atoms with Gasteiger partial charge in [-0.05, 0) is 23.6 Å².